The molecule has 196 valence electrons. The third-order valence-electron chi connectivity index (χ3n) is 6.01. The molecule has 2 amide bonds. The summed E-state index contributed by atoms with van der Waals surface area (Å²) in [5, 5.41) is 26.0. The summed E-state index contributed by atoms with van der Waals surface area (Å²) in [6.07, 6.45) is 3.58. The number of nitriles is 1. The fourth-order valence-corrected chi connectivity index (χ4v) is 3.92. The van der Waals surface area contributed by atoms with Crippen LogP contribution in [0.15, 0.2) is 83.2 Å². The number of nitrogens with zero attached hydrogens (tertiary/aromatic N) is 5. The Labute approximate surface area is 225 Å². The molecule has 10 nitrogen and oxygen atoms in total. The van der Waals surface area contributed by atoms with Crippen molar-refractivity contribution in [2.45, 2.75) is 26.3 Å². The molecule has 10 heteroatoms. The van der Waals surface area contributed by atoms with E-state index in [-0.39, 0.29) is 23.2 Å². The van der Waals surface area contributed by atoms with Gasteiger partial charge >= 0.3 is 0 Å². The third-order valence-corrected chi connectivity index (χ3v) is 6.01. The van der Waals surface area contributed by atoms with Crippen molar-refractivity contribution in [3.05, 3.63) is 112 Å². The van der Waals surface area contributed by atoms with E-state index in [0.29, 0.717) is 30.6 Å². The number of anilines is 1. The second kappa shape index (κ2) is 12.3. The number of hydrogen-bond donors (Lipinski definition) is 2. The molecule has 4 aromatic rings. The second-order valence-electron chi connectivity index (χ2n) is 8.77. The van der Waals surface area contributed by atoms with Gasteiger partial charge in [-0.2, -0.15) is 5.26 Å². The van der Waals surface area contributed by atoms with E-state index in [4.69, 9.17) is 4.52 Å². The predicted octanol–water partition coefficient (Wildman–Crippen LogP) is 4.26. The molecule has 2 heterocycles. The Balaban J connectivity index is 1.61. The Kier molecular flexibility index (Phi) is 8.43. The third kappa shape index (κ3) is 6.53. The molecule has 0 bridgehead atoms. The maximum absolute atomic E-state index is 13.4. The number of amides is 2. The Hall–Kier alpha value is -5.30. The van der Waals surface area contributed by atoms with Crippen LogP contribution >= 0.6 is 0 Å². The number of carbonyl (C=O) groups is 2. The van der Waals surface area contributed by atoms with Crippen LogP contribution in [0.1, 0.15) is 38.5 Å². The summed E-state index contributed by atoms with van der Waals surface area (Å²) < 4.78 is 4.90. The highest BCUT2D eigenvalue weighted by Crippen LogP contribution is 2.21. The lowest BCUT2D eigenvalue weighted by molar-refractivity contribution is -0.112. The Morgan fingerprint density at radius 2 is 1.67 bits per heavy atom. The molecule has 0 spiro atoms. The summed E-state index contributed by atoms with van der Waals surface area (Å²) in [7, 11) is 1.70. The zero-order valence-electron chi connectivity index (χ0n) is 21.5. The van der Waals surface area contributed by atoms with Gasteiger partial charge in [0.2, 0.25) is 5.95 Å². The average Bonchev–Trinajstić information content (AvgIpc) is 3.38. The summed E-state index contributed by atoms with van der Waals surface area (Å²) in [6.45, 7) is 1.94. The number of benzene rings is 2. The minimum absolute atomic E-state index is 0.104. The van der Waals surface area contributed by atoms with E-state index in [2.05, 4.69) is 20.4 Å². The van der Waals surface area contributed by atoms with Gasteiger partial charge in [0.25, 0.3) is 11.8 Å². The Morgan fingerprint density at radius 1 is 1.00 bits per heavy atom. The van der Waals surface area contributed by atoms with Crippen molar-refractivity contribution in [2.75, 3.05) is 12.4 Å². The predicted molar refractivity (Wildman–Crippen MR) is 143 cm³/mol. The minimum Gasteiger partial charge on any atom is -0.506 e. The molecule has 0 unspecified atom stereocenters. The molecule has 0 aliphatic carbocycles. The molecule has 0 radical (unpaired) electrons. The van der Waals surface area contributed by atoms with Crippen molar-refractivity contribution in [2.24, 2.45) is 0 Å². The van der Waals surface area contributed by atoms with Gasteiger partial charge < -0.3 is 14.5 Å². The molecule has 2 aromatic heterocycles. The molecule has 2 aromatic carbocycles. The van der Waals surface area contributed by atoms with Crippen LogP contribution in [-0.2, 0) is 24.2 Å². The zero-order valence-corrected chi connectivity index (χ0v) is 21.5. The van der Waals surface area contributed by atoms with Crippen LogP contribution in [0.2, 0.25) is 0 Å². The topological polar surface area (TPSA) is 145 Å². The SMILES string of the molecule is Cc1oncc1/C(O)=C(\C#N)C(=O)Nc1ncc(C(=O)N(C)Cc2ccccc2)c(CCc2ccccc2)n1. The highest BCUT2D eigenvalue weighted by molar-refractivity contribution is 6.10. The van der Waals surface area contributed by atoms with Crippen molar-refractivity contribution in [1.29, 1.82) is 5.26 Å². The zero-order chi connectivity index (χ0) is 27.8. The van der Waals surface area contributed by atoms with E-state index in [1.165, 1.54) is 19.3 Å². The molecule has 0 aliphatic heterocycles. The first-order chi connectivity index (χ1) is 18.9. The fourth-order valence-electron chi connectivity index (χ4n) is 3.92. The minimum atomic E-state index is -0.912. The van der Waals surface area contributed by atoms with Crippen LogP contribution in [0, 0.1) is 18.3 Å². The maximum atomic E-state index is 13.4. The van der Waals surface area contributed by atoms with Gasteiger partial charge in [-0.1, -0.05) is 65.8 Å². The summed E-state index contributed by atoms with van der Waals surface area (Å²) >= 11 is 0. The molecule has 0 aliphatic rings. The molecule has 0 atom stereocenters. The second-order valence-corrected chi connectivity index (χ2v) is 8.77. The van der Waals surface area contributed by atoms with Crippen LogP contribution in [-0.4, -0.2) is 44.0 Å². The lowest BCUT2D eigenvalue weighted by atomic mass is 10.0. The number of nitrogens with one attached hydrogen (secondary N) is 1. The van der Waals surface area contributed by atoms with Crippen molar-refractivity contribution >= 4 is 23.5 Å². The van der Waals surface area contributed by atoms with Gasteiger partial charge in [-0.05, 0) is 30.9 Å². The van der Waals surface area contributed by atoms with Crippen molar-refractivity contribution in [3.8, 4) is 6.07 Å². The van der Waals surface area contributed by atoms with Crippen molar-refractivity contribution in [1.82, 2.24) is 20.0 Å². The van der Waals surface area contributed by atoms with Gasteiger partial charge in [0.05, 0.1) is 23.0 Å². The molecule has 2 N–H and O–H groups in total. The molecule has 4 rings (SSSR count). The van der Waals surface area contributed by atoms with Gasteiger partial charge in [-0.25, -0.2) is 9.97 Å². The quantitative estimate of drug-likeness (QED) is 0.188. The molecular weight excluding hydrogens is 496 g/mol. The van der Waals surface area contributed by atoms with Gasteiger partial charge in [0.1, 0.15) is 11.8 Å². The molecule has 0 saturated carbocycles. The van der Waals surface area contributed by atoms with Crippen LogP contribution in [0.5, 0.6) is 0 Å². The number of aliphatic hydroxyl groups is 1. The monoisotopic (exact) mass is 522 g/mol. The van der Waals surface area contributed by atoms with E-state index < -0.39 is 17.2 Å². The standard InChI is InChI=1S/C29H26N6O4/c1-19-23(17-32-39-19)26(36)22(15-30)27(37)34-29-31-16-24(25(33-29)14-13-20-9-5-3-6-10-20)28(38)35(2)18-21-11-7-4-8-12-21/h3-12,16-17,36H,13-14,18H2,1-2H3,(H,31,33,34,37)/b26-22-. The van der Waals surface area contributed by atoms with Gasteiger partial charge in [-0.3, -0.25) is 14.9 Å². The van der Waals surface area contributed by atoms with E-state index in [1.807, 2.05) is 60.7 Å². The number of carbonyl (C=O) groups excluding carboxylic acids is 2. The first kappa shape index (κ1) is 26.8. The average molecular weight is 523 g/mol. The highest BCUT2D eigenvalue weighted by Gasteiger charge is 2.23. The van der Waals surface area contributed by atoms with Crippen molar-refractivity contribution in [3.63, 3.8) is 0 Å². The van der Waals surface area contributed by atoms with E-state index in [1.54, 1.807) is 18.0 Å². The molecular formula is C29H26N6O4. The summed E-state index contributed by atoms with van der Waals surface area (Å²) in [5.41, 5.74) is 2.34. The maximum Gasteiger partial charge on any atom is 0.272 e. The molecule has 0 saturated heterocycles. The Morgan fingerprint density at radius 3 is 2.28 bits per heavy atom. The Bertz CT molecular complexity index is 1540. The number of hydrogen-bond acceptors (Lipinski definition) is 8. The molecule has 0 fully saturated rings. The van der Waals surface area contributed by atoms with E-state index in [9.17, 15) is 20.0 Å². The summed E-state index contributed by atoms with van der Waals surface area (Å²) in [6, 6.07) is 21.0. The van der Waals surface area contributed by atoms with Gasteiger partial charge in [0, 0.05) is 19.8 Å². The van der Waals surface area contributed by atoms with Gasteiger partial charge in [0.15, 0.2) is 11.3 Å². The van der Waals surface area contributed by atoms with Crippen LogP contribution in [0.3, 0.4) is 0 Å². The van der Waals surface area contributed by atoms with Crippen molar-refractivity contribution < 1.29 is 19.2 Å². The van der Waals surface area contributed by atoms with E-state index in [0.717, 1.165) is 11.1 Å². The number of aryl methyl sites for hydroxylation is 3. The van der Waals surface area contributed by atoms with Crippen LogP contribution in [0.25, 0.3) is 5.76 Å². The van der Waals surface area contributed by atoms with Crippen LogP contribution in [0.4, 0.5) is 5.95 Å². The lowest BCUT2D eigenvalue weighted by Crippen LogP contribution is -2.28. The lowest BCUT2D eigenvalue weighted by Gasteiger charge is -2.19. The largest absolute Gasteiger partial charge is 0.506 e. The number of aromatic nitrogens is 3. The van der Waals surface area contributed by atoms with E-state index >= 15 is 0 Å². The first-order valence-corrected chi connectivity index (χ1v) is 12.1. The molecule has 39 heavy (non-hydrogen) atoms. The number of rotatable bonds is 9. The summed E-state index contributed by atoms with van der Waals surface area (Å²) in [5.74, 6) is -1.61. The van der Waals surface area contributed by atoms with Gasteiger partial charge in [-0.15, -0.1) is 0 Å². The van der Waals surface area contributed by atoms with Crippen LogP contribution < -0.4 is 5.32 Å². The normalized spacial score (nSPS) is 11.3. The smallest absolute Gasteiger partial charge is 0.272 e. The highest BCUT2D eigenvalue weighted by atomic mass is 16.5. The fraction of sp³-hybridized carbons (Fsp3) is 0.172. The summed E-state index contributed by atoms with van der Waals surface area (Å²) in [4.78, 5) is 36.4. The first-order valence-electron chi connectivity index (χ1n) is 12.1. The number of aliphatic hydroxyl groups excluding tert-OH is 1.